The fraction of sp³-hybridized carbons (Fsp3) is 0.591. The summed E-state index contributed by atoms with van der Waals surface area (Å²) >= 11 is 0. The van der Waals surface area contributed by atoms with E-state index in [1.54, 1.807) is 13.0 Å². The van der Waals surface area contributed by atoms with Gasteiger partial charge in [0, 0.05) is 12.5 Å². The maximum atomic E-state index is 12.6. The summed E-state index contributed by atoms with van der Waals surface area (Å²) < 4.78 is 16.8. The van der Waals surface area contributed by atoms with Crippen LogP contribution in [0.25, 0.3) is 0 Å². The smallest absolute Gasteiger partial charge is 0.334 e. The molecule has 1 N–H and O–H groups in total. The summed E-state index contributed by atoms with van der Waals surface area (Å²) in [6.45, 7) is 10.2. The first-order valence-corrected chi connectivity index (χ1v) is 9.94. The molecule has 0 amide bonds. The van der Waals surface area contributed by atoms with Crippen molar-refractivity contribution in [1.29, 1.82) is 0 Å². The maximum Gasteiger partial charge on any atom is 0.334 e. The SMILES string of the molecule is C=C1C(=O)O[C@@H]2/C=C(\C)CC/C=C(/CO)C(OC(C)=O)[C@@H](OC(=O)C(C)CC)[C@@H]12. The third-order valence-electron chi connectivity index (χ3n) is 5.42. The minimum atomic E-state index is -1.05. The highest BCUT2D eigenvalue weighted by molar-refractivity contribution is 5.91. The number of aliphatic hydroxyl groups excluding tert-OH is 1. The quantitative estimate of drug-likeness (QED) is 0.324. The van der Waals surface area contributed by atoms with Crippen molar-refractivity contribution in [2.75, 3.05) is 6.61 Å². The molecule has 1 fully saturated rings. The van der Waals surface area contributed by atoms with Crippen LogP contribution in [0.1, 0.15) is 47.0 Å². The first kappa shape index (κ1) is 22.9. The third kappa shape index (κ3) is 5.35. The van der Waals surface area contributed by atoms with Crippen LogP contribution in [0.15, 0.2) is 35.5 Å². The molecule has 160 valence electrons. The minimum Gasteiger partial charge on any atom is -0.457 e. The van der Waals surface area contributed by atoms with E-state index >= 15 is 0 Å². The van der Waals surface area contributed by atoms with Crippen LogP contribution in [0.5, 0.6) is 0 Å². The van der Waals surface area contributed by atoms with Crippen molar-refractivity contribution in [2.45, 2.75) is 65.3 Å². The molecule has 29 heavy (non-hydrogen) atoms. The van der Waals surface area contributed by atoms with Crippen LogP contribution in [0.4, 0.5) is 0 Å². The Hall–Kier alpha value is -2.41. The highest BCUT2D eigenvalue weighted by Crippen LogP contribution is 2.37. The van der Waals surface area contributed by atoms with Gasteiger partial charge in [-0.15, -0.1) is 0 Å². The van der Waals surface area contributed by atoms with Crippen LogP contribution in [-0.2, 0) is 28.6 Å². The van der Waals surface area contributed by atoms with Crippen molar-refractivity contribution in [3.63, 3.8) is 0 Å². The number of esters is 3. The molecule has 0 aromatic carbocycles. The number of hydrogen-bond donors (Lipinski definition) is 1. The van der Waals surface area contributed by atoms with Gasteiger partial charge in [-0.2, -0.15) is 0 Å². The number of carbonyl (C=O) groups is 3. The van der Waals surface area contributed by atoms with Gasteiger partial charge in [0.15, 0.2) is 12.2 Å². The van der Waals surface area contributed by atoms with Gasteiger partial charge in [0.25, 0.3) is 0 Å². The predicted octanol–water partition coefficient (Wildman–Crippen LogP) is 2.63. The lowest BCUT2D eigenvalue weighted by Crippen LogP contribution is -2.46. The number of fused-ring (bicyclic) bond motifs is 1. The van der Waals surface area contributed by atoms with E-state index in [4.69, 9.17) is 14.2 Å². The van der Waals surface area contributed by atoms with Gasteiger partial charge >= 0.3 is 17.9 Å². The fourth-order valence-corrected chi connectivity index (χ4v) is 3.52. The minimum absolute atomic E-state index is 0.149. The van der Waals surface area contributed by atoms with Gasteiger partial charge in [0.1, 0.15) is 6.10 Å². The Morgan fingerprint density at radius 3 is 2.66 bits per heavy atom. The first-order chi connectivity index (χ1) is 13.7. The molecule has 1 aliphatic carbocycles. The number of ether oxygens (including phenoxy) is 3. The summed E-state index contributed by atoms with van der Waals surface area (Å²) in [4.78, 5) is 36.8. The van der Waals surface area contributed by atoms with Gasteiger partial charge in [-0.1, -0.05) is 32.1 Å². The molecule has 0 bridgehead atoms. The van der Waals surface area contributed by atoms with Gasteiger partial charge < -0.3 is 19.3 Å². The monoisotopic (exact) mass is 406 g/mol. The maximum absolute atomic E-state index is 12.6. The summed E-state index contributed by atoms with van der Waals surface area (Å²) in [5.74, 6) is -2.76. The molecule has 1 saturated heterocycles. The standard InChI is InChI=1S/C22H30O7/c1-6-13(3)21(25)29-20-18-14(4)22(26)28-17(18)10-12(2)8-7-9-16(11-23)19(20)27-15(5)24/h9-10,13,17-20,23H,4,6-8,11H2,1-3,5H3/b12-10+,16-9-/t13?,17-,18+,19?,20+/m1/s1. The van der Waals surface area contributed by atoms with Crippen molar-refractivity contribution < 1.29 is 33.7 Å². The van der Waals surface area contributed by atoms with Crippen LogP contribution in [0.2, 0.25) is 0 Å². The van der Waals surface area contributed by atoms with Crippen molar-refractivity contribution in [1.82, 2.24) is 0 Å². The molecule has 7 nitrogen and oxygen atoms in total. The van der Waals surface area contributed by atoms with E-state index in [2.05, 4.69) is 6.58 Å². The van der Waals surface area contributed by atoms with E-state index in [0.29, 0.717) is 24.8 Å². The Bertz CT molecular complexity index is 733. The summed E-state index contributed by atoms with van der Waals surface area (Å²) in [6.07, 6.45) is 2.66. The molecule has 1 aliphatic heterocycles. The highest BCUT2D eigenvalue weighted by Gasteiger charge is 2.49. The van der Waals surface area contributed by atoms with Crippen molar-refractivity contribution in [2.24, 2.45) is 11.8 Å². The lowest BCUT2D eigenvalue weighted by molar-refractivity contribution is -0.171. The molecule has 0 spiro atoms. The van der Waals surface area contributed by atoms with E-state index in [0.717, 1.165) is 5.57 Å². The van der Waals surface area contributed by atoms with Crippen molar-refractivity contribution >= 4 is 17.9 Å². The lowest BCUT2D eigenvalue weighted by atomic mass is 9.83. The number of allylic oxidation sites excluding steroid dienone is 2. The molecule has 2 aliphatic rings. The van der Waals surface area contributed by atoms with E-state index in [-0.39, 0.29) is 18.1 Å². The molecule has 5 atom stereocenters. The third-order valence-corrected chi connectivity index (χ3v) is 5.42. The summed E-state index contributed by atoms with van der Waals surface area (Å²) in [6, 6.07) is 0. The molecule has 1 heterocycles. The normalized spacial score (nSPS) is 32.0. The predicted molar refractivity (Wildman–Crippen MR) is 106 cm³/mol. The molecule has 7 heteroatoms. The molecule has 2 rings (SSSR count). The Labute approximate surface area is 171 Å². The summed E-state index contributed by atoms with van der Waals surface area (Å²) in [5, 5.41) is 9.95. The van der Waals surface area contributed by atoms with Crippen LogP contribution in [0, 0.1) is 11.8 Å². The van der Waals surface area contributed by atoms with E-state index in [1.165, 1.54) is 6.92 Å². The van der Waals surface area contributed by atoms with Gasteiger partial charge in [-0.05, 0) is 37.8 Å². The number of carbonyl (C=O) groups excluding carboxylic acids is 3. The average molecular weight is 406 g/mol. The van der Waals surface area contributed by atoms with E-state index < -0.39 is 42.1 Å². The van der Waals surface area contributed by atoms with Crippen LogP contribution < -0.4 is 0 Å². The second-order valence-corrected chi connectivity index (χ2v) is 7.65. The van der Waals surface area contributed by atoms with Gasteiger partial charge in [-0.3, -0.25) is 9.59 Å². The molecule has 0 aromatic rings. The molecule has 0 aromatic heterocycles. The Kier molecular flexibility index (Phi) is 7.79. The summed E-state index contributed by atoms with van der Waals surface area (Å²) in [5.41, 5.74) is 1.56. The van der Waals surface area contributed by atoms with Crippen LogP contribution in [-0.4, -0.2) is 47.9 Å². The molecule has 2 unspecified atom stereocenters. The topological polar surface area (TPSA) is 99.1 Å². The molecular formula is C22H30O7. The zero-order valence-electron chi connectivity index (χ0n) is 17.5. The fourth-order valence-electron chi connectivity index (χ4n) is 3.52. The Morgan fingerprint density at radius 2 is 2.07 bits per heavy atom. The second-order valence-electron chi connectivity index (χ2n) is 7.65. The largest absolute Gasteiger partial charge is 0.457 e. The highest BCUT2D eigenvalue weighted by atomic mass is 16.6. The van der Waals surface area contributed by atoms with Gasteiger partial charge in [0.05, 0.1) is 18.4 Å². The average Bonchev–Trinajstić information content (AvgIpc) is 2.93. The van der Waals surface area contributed by atoms with E-state index in [1.807, 2.05) is 19.9 Å². The van der Waals surface area contributed by atoms with Gasteiger partial charge in [0.2, 0.25) is 0 Å². The number of aliphatic hydroxyl groups is 1. The zero-order chi connectivity index (χ0) is 21.7. The molecule has 0 radical (unpaired) electrons. The number of hydrogen-bond acceptors (Lipinski definition) is 7. The Morgan fingerprint density at radius 1 is 1.38 bits per heavy atom. The zero-order valence-corrected chi connectivity index (χ0v) is 17.5. The van der Waals surface area contributed by atoms with Crippen LogP contribution in [0.3, 0.4) is 0 Å². The Balaban J connectivity index is 2.59. The van der Waals surface area contributed by atoms with Crippen molar-refractivity contribution in [3.05, 3.63) is 35.5 Å². The van der Waals surface area contributed by atoms with Crippen molar-refractivity contribution in [3.8, 4) is 0 Å². The second kappa shape index (κ2) is 9.87. The van der Waals surface area contributed by atoms with E-state index in [9.17, 15) is 19.5 Å². The summed E-state index contributed by atoms with van der Waals surface area (Å²) in [7, 11) is 0. The van der Waals surface area contributed by atoms with Crippen LogP contribution >= 0.6 is 0 Å². The number of rotatable bonds is 5. The lowest BCUT2D eigenvalue weighted by Gasteiger charge is -2.34. The first-order valence-electron chi connectivity index (χ1n) is 9.94. The molecular weight excluding hydrogens is 376 g/mol. The van der Waals surface area contributed by atoms with Gasteiger partial charge in [-0.25, -0.2) is 4.79 Å². The molecule has 0 saturated carbocycles.